The van der Waals surface area contributed by atoms with Crippen molar-refractivity contribution in [3.63, 3.8) is 0 Å². The lowest BCUT2D eigenvalue weighted by atomic mass is 9.73. The third-order valence-corrected chi connectivity index (χ3v) is 6.46. The zero-order valence-electron chi connectivity index (χ0n) is 17.4. The maximum atomic E-state index is 6.27. The number of fused-ring (bicyclic) bond motifs is 1. The van der Waals surface area contributed by atoms with Gasteiger partial charge in [-0.05, 0) is 42.7 Å². The van der Waals surface area contributed by atoms with Crippen molar-refractivity contribution in [2.75, 3.05) is 29.9 Å². The Balaban J connectivity index is 1.38. The van der Waals surface area contributed by atoms with Gasteiger partial charge in [-0.1, -0.05) is 23.7 Å². The van der Waals surface area contributed by atoms with E-state index in [-0.39, 0.29) is 5.41 Å². The fourth-order valence-electron chi connectivity index (χ4n) is 4.40. The highest BCUT2D eigenvalue weighted by molar-refractivity contribution is 6.30. The van der Waals surface area contributed by atoms with Gasteiger partial charge in [0, 0.05) is 49.5 Å². The lowest BCUT2D eigenvalue weighted by Gasteiger charge is -2.42. The van der Waals surface area contributed by atoms with E-state index < -0.39 is 0 Å². The minimum absolute atomic E-state index is 0.0210. The summed E-state index contributed by atoms with van der Waals surface area (Å²) < 4.78 is 3.56. The summed E-state index contributed by atoms with van der Waals surface area (Å²) in [6.45, 7) is 2.42. The van der Waals surface area contributed by atoms with Crippen molar-refractivity contribution in [2.24, 2.45) is 12.8 Å². The molecule has 3 aromatic heterocycles. The van der Waals surface area contributed by atoms with Crippen LogP contribution in [0, 0.1) is 0 Å². The molecular formula is C22H25ClN8. The summed E-state index contributed by atoms with van der Waals surface area (Å²) in [7, 11) is 1.88. The number of benzene rings is 1. The number of nitrogens with two attached hydrogens (primary N) is 1. The molecule has 0 atom stereocenters. The van der Waals surface area contributed by atoms with E-state index in [0.29, 0.717) is 12.5 Å². The molecule has 1 saturated heterocycles. The van der Waals surface area contributed by atoms with Crippen LogP contribution in [0.15, 0.2) is 55.0 Å². The van der Waals surface area contributed by atoms with Crippen molar-refractivity contribution >= 4 is 34.6 Å². The van der Waals surface area contributed by atoms with Crippen molar-refractivity contribution in [3.05, 3.63) is 65.6 Å². The summed E-state index contributed by atoms with van der Waals surface area (Å²) in [5, 5.41) is 12.7. The third-order valence-electron chi connectivity index (χ3n) is 6.21. The Bertz CT molecular complexity index is 1190. The Morgan fingerprint density at radius 1 is 1.16 bits per heavy atom. The maximum absolute atomic E-state index is 6.27. The Morgan fingerprint density at radius 3 is 2.61 bits per heavy atom. The second-order valence-corrected chi connectivity index (χ2v) is 8.54. The van der Waals surface area contributed by atoms with E-state index in [4.69, 9.17) is 22.3 Å². The summed E-state index contributed by atoms with van der Waals surface area (Å²) in [5.41, 5.74) is 10.3. The van der Waals surface area contributed by atoms with E-state index in [1.165, 1.54) is 5.56 Å². The van der Waals surface area contributed by atoms with Crippen LogP contribution in [0.2, 0.25) is 5.02 Å². The average Bonchev–Trinajstić information content (AvgIpc) is 3.39. The molecule has 0 saturated carbocycles. The zero-order valence-corrected chi connectivity index (χ0v) is 18.1. The number of piperidine rings is 1. The molecule has 1 aromatic carbocycles. The molecule has 0 aliphatic carbocycles. The molecular weight excluding hydrogens is 412 g/mol. The van der Waals surface area contributed by atoms with Crippen molar-refractivity contribution in [2.45, 2.75) is 18.3 Å². The summed E-state index contributed by atoms with van der Waals surface area (Å²) in [5.74, 6) is 0.551. The highest BCUT2D eigenvalue weighted by Crippen LogP contribution is 2.37. The summed E-state index contributed by atoms with van der Waals surface area (Å²) >= 11 is 6.09. The minimum Gasteiger partial charge on any atom is -0.368 e. The molecule has 160 valence electrons. The predicted octanol–water partition coefficient (Wildman–Crippen LogP) is 3.36. The van der Waals surface area contributed by atoms with Gasteiger partial charge in [0.1, 0.15) is 0 Å². The Kier molecular flexibility index (Phi) is 5.03. The number of halogens is 1. The van der Waals surface area contributed by atoms with Gasteiger partial charge >= 0.3 is 0 Å². The second kappa shape index (κ2) is 7.86. The van der Waals surface area contributed by atoms with E-state index in [1.54, 1.807) is 10.9 Å². The van der Waals surface area contributed by atoms with E-state index in [2.05, 4.69) is 38.6 Å². The first-order valence-corrected chi connectivity index (χ1v) is 10.8. The normalized spacial score (nSPS) is 16.0. The van der Waals surface area contributed by atoms with Crippen LogP contribution in [0.25, 0.3) is 5.65 Å². The molecule has 8 nitrogen and oxygen atoms in total. The van der Waals surface area contributed by atoms with Gasteiger partial charge in [-0.3, -0.25) is 4.68 Å². The molecule has 0 bridgehead atoms. The van der Waals surface area contributed by atoms with Crippen LogP contribution < -0.4 is 16.0 Å². The number of aromatic nitrogens is 5. The summed E-state index contributed by atoms with van der Waals surface area (Å²) in [4.78, 5) is 7.12. The van der Waals surface area contributed by atoms with Gasteiger partial charge in [0.15, 0.2) is 5.65 Å². The number of hydrogen-bond donors (Lipinski definition) is 2. The fraction of sp³-hybridized carbons (Fsp3) is 0.318. The van der Waals surface area contributed by atoms with Gasteiger partial charge in [0.25, 0.3) is 0 Å². The lowest BCUT2D eigenvalue weighted by Crippen LogP contribution is -2.47. The monoisotopic (exact) mass is 436 g/mol. The molecule has 3 N–H and O–H groups in total. The van der Waals surface area contributed by atoms with Crippen LogP contribution in [0.4, 0.5) is 17.3 Å². The Labute approximate surface area is 185 Å². The summed E-state index contributed by atoms with van der Waals surface area (Å²) in [6.07, 6.45) is 7.51. The fourth-order valence-corrected chi connectivity index (χ4v) is 4.52. The van der Waals surface area contributed by atoms with E-state index >= 15 is 0 Å². The lowest BCUT2D eigenvalue weighted by molar-refractivity contribution is 0.340. The molecule has 31 heavy (non-hydrogen) atoms. The first-order chi connectivity index (χ1) is 15.1. The molecule has 5 rings (SSSR count). The average molecular weight is 437 g/mol. The Morgan fingerprint density at radius 2 is 1.94 bits per heavy atom. The number of aryl methyl sites for hydroxylation is 1. The topological polar surface area (TPSA) is 89.3 Å². The van der Waals surface area contributed by atoms with E-state index in [9.17, 15) is 0 Å². The number of rotatable bonds is 5. The molecule has 1 aliphatic heterocycles. The smallest absolute Gasteiger partial charge is 0.247 e. The van der Waals surface area contributed by atoms with E-state index in [1.807, 2.05) is 42.2 Å². The van der Waals surface area contributed by atoms with Gasteiger partial charge in [0.2, 0.25) is 5.95 Å². The van der Waals surface area contributed by atoms with Gasteiger partial charge in [-0.2, -0.15) is 10.1 Å². The number of pyridine rings is 1. The van der Waals surface area contributed by atoms with Crippen LogP contribution >= 0.6 is 11.6 Å². The molecule has 1 fully saturated rings. The SMILES string of the molecule is Cn1cc(Nc2nc3c(N4CCC(CN)(c5ccc(Cl)cc5)CC4)cccn3n2)cn1. The van der Waals surface area contributed by atoms with Gasteiger partial charge in [0.05, 0.1) is 17.6 Å². The van der Waals surface area contributed by atoms with Crippen LogP contribution in [0.5, 0.6) is 0 Å². The second-order valence-electron chi connectivity index (χ2n) is 8.10. The van der Waals surface area contributed by atoms with Crippen molar-refractivity contribution < 1.29 is 0 Å². The number of nitrogens with zero attached hydrogens (tertiary/aromatic N) is 6. The molecule has 0 radical (unpaired) electrons. The van der Waals surface area contributed by atoms with Crippen molar-refractivity contribution in [1.82, 2.24) is 24.4 Å². The quantitative estimate of drug-likeness (QED) is 0.498. The van der Waals surface area contributed by atoms with Gasteiger partial charge in [-0.25, -0.2) is 4.52 Å². The first kappa shape index (κ1) is 19.8. The molecule has 9 heteroatoms. The third kappa shape index (κ3) is 3.73. The molecule has 4 aromatic rings. The minimum atomic E-state index is -0.0210. The first-order valence-electron chi connectivity index (χ1n) is 10.4. The Hall–Kier alpha value is -3.10. The van der Waals surface area contributed by atoms with Gasteiger partial charge < -0.3 is 16.0 Å². The highest BCUT2D eigenvalue weighted by Gasteiger charge is 2.35. The maximum Gasteiger partial charge on any atom is 0.247 e. The molecule has 0 unspecified atom stereocenters. The molecule has 4 heterocycles. The molecule has 1 aliphatic rings. The van der Waals surface area contributed by atoms with Crippen molar-refractivity contribution in [3.8, 4) is 0 Å². The highest BCUT2D eigenvalue weighted by atomic mass is 35.5. The zero-order chi connectivity index (χ0) is 21.4. The van der Waals surface area contributed by atoms with Crippen LogP contribution in [0.1, 0.15) is 18.4 Å². The standard InChI is InChI=1S/C22H25ClN8/c1-29-14-18(13-25-29)26-21-27-20-19(3-2-10-31(20)28-21)30-11-8-22(15-24,9-12-30)16-4-6-17(23)7-5-16/h2-7,10,13-14H,8-9,11-12,15,24H2,1H3,(H,26,28). The molecule has 0 spiro atoms. The number of anilines is 3. The van der Waals surface area contributed by atoms with Crippen LogP contribution in [0.3, 0.4) is 0 Å². The van der Waals surface area contributed by atoms with Crippen LogP contribution in [-0.2, 0) is 12.5 Å². The van der Waals surface area contributed by atoms with Gasteiger partial charge in [-0.15, -0.1) is 5.10 Å². The summed E-state index contributed by atoms with van der Waals surface area (Å²) in [6, 6.07) is 12.2. The number of nitrogens with one attached hydrogen (secondary N) is 1. The number of hydrogen-bond acceptors (Lipinski definition) is 6. The largest absolute Gasteiger partial charge is 0.368 e. The molecule has 0 amide bonds. The predicted molar refractivity (Wildman–Crippen MR) is 123 cm³/mol. The van der Waals surface area contributed by atoms with Crippen molar-refractivity contribution in [1.29, 1.82) is 0 Å². The van der Waals surface area contributed by atoms with Crippen LogP contribution in [-0.4, -0.2) is 44.0 Å². The van der Waals surface area contributed by atoms with E-state index in [0.717, 1.165) is 48.0 Å².